The summed E-state index contributed by atoms with van der Waals surface area (Å²) < 4.78 is 74.9. The molecule has 8 heterocycles. The lowest BCUT2D eigenvalue weighted by Crippen LogP contribution is -2.60. The number of carboxylic acids is 1. The minimum absolute atomic E-state index is 0.0185. The number of hydrogen-bond donors (Lipinski definition) is 8. The number of methoxy groups -OCH3 is 1. The van der Waals surface area contributed by atoms with Crippen LogP contribution in [0.25, 0.3) is 10.9 Å². The van der Waals surface area contributed by atoms with Crippen LogP contribution in [0.2, 0.25) is 0 Å². The number of alkyl halides is 3. The minimum Gasteiger partial charge on any atom is -0.497 e. The SMILES string of the molecule is COc1ccc(C[C@@H]2NC(=O)[C@H]([C@@H](C)O)CC(=O)[C@@H]3[C@@H]4CCN3C(=O)[C@H]3CC(=O)[C@H](Cc5cccc(c5)CNC(=O)CO4)NC(=O)[C@@H](C)NC(=O)[C@H](CCC(=O)CCOCCOCC[N+](C)(C)C)NC(=O)CCCC(=O)N(CCn4cc(nn4)Cn4cc(c5cc(F)ccc54)C3)Cc3ccc(cc3)CCNC(=O)[C@]3(C)CCCN3C2=O)cc1.O=C(O)C(F)(F)F. The van der Waals surface area contributed by atoms with E-state index in [4.69, 9.17) is 28.8 Å². The van der Waals surface area contributed by atoms with Crippen molar-refractivity contribution < 1.29 is 114 Å². The first-order valence-electron chi connectivity index (χ1n) is 42.1. The van der Waals surface area contributed by atoms with Crippen LogP contribution in [0.1, 0.15) is 130 Å². The number of carbonyl (C=O) groups excluding carboxylic acids is 12. The van der Waals surface area contributed by atoms with Crippen molar-refractivity contribution in [2.75, 3.05) is 94.0 Å². The van der Waals surface area contributed by atoms with Gasteiger partial charge in [0.05, 0.1) is 98.1 Å². The molecule has 6 aromatic rings. The Balaban J connectivity index is 0.00000223. The summed E-state index contributed by atoms with van der Waals surface area (Å²) in [5.41, 5.74) is 3.14. The molecule has 2 fully saturated rings. The number of amides is 9. The number of rotatable bonds is 16. The third-order valence-corrected chi connectivity index (χ3v) is 23.1. The Morgan fingerprint density at radius 3 is 2.14 bits per heavy atom. The fourth-order valence-electron chi connectivity index (χ4n) is 16.0. The van der Waals surface area contributed by atoms with Crippen molar-refractivity contribution in [2.45, 2.75) is 197 Å². The smallest absolute Gasteiger partial charge is 0.490 e. The molecule has 0 unspecified atom stereocenters. The van der Waals surface area contributed by atoms with E-state index in [2.05, 4.69) is 63.4 Å². The van der Waals surface area contributed by atoms with Crippen LogP contribution in [0.15, 0.2) is 103 Å². The maximum Gasteiger partial charge on any atom is 0.490 e. The third-order valence-electron chi connectivity index (χ3n) is 23.1. The predicted octanol–water partition coefficient (Wildman–Crippen LogP) is 3.94. The lowest BCUT2D eigenvalue weighted by atomic mass is 9.87. The molecule has 676 valence electrons. The summed E-state index contributed by atoms with van der Waals surface area (Å²) in [5, 5.41) is 45.2. The van der Waals surface area contributed by atoms with E-state index >= 15 is 28.4 Å². The van der Waals surface area contributed by atoms with Crippen molar-refractivity contribution in [3.05, 3.63) is 148 Å². The minimum atomic E-state index is -5.08. The number of aliphatic hydroxyl groups excluding tert-OH is 1. The van der Waals surface area contributed by atoms with Crippen LogP contribution in [0.5, 0.6) is 5.75 Å². The molecule has 125 heavy (non-hydrogen) atoms. The zero-order valence-corrected chi connectivity index (χ0v) is 71.4. The highest BCUT2D eigenvalue weighted by Crippen LogP contribution is 2.35. The molecule has 8 N–H and O–H groups in total. The Morgan fingerprint density at radius 1 is 0.704 bits per heavy atom. The first kappa shape index (κ1) is 95.8. The van der Waals surface area contributed by atoms with Crippen LogP contribution in [-0.4, -0.2) is 274 Å². The number of aromatic nitrogens is 4. The van der Waals surface area contributed by atoms with Gasteiger partial charge in [0, 0.05) is 107 Å². The third kappa shape index (κ3) is 27.3. The maximum absolute atomic E-state index is 16.4. The molecule has 10 atom stereocenters. The van der Waals surface area contributed by atoms with E-state index in [1.807, 2.05) is 24.3 Å². The predicted molar refractivity (Wildman–Crippen MR) is 443 cm³/mol. The first-order valence-corrected chi connectivity index (χ1v) is 42.1. The van der Waals surface area contributed by atoms with E-state index in [1.54, 1.807) is 88.1 Å². The van der Waals surface area contributed by atoms with Crippen molar-refractivity contribution in [3.8, 4) is 5.75 Å². The average Bonchev–Trinajstić information content (AvgIpc) is 1.66. The molecule has 2 saturated heterocycles. The topological polar surface area (TPSA) is 417 Å². The zero-order valence-electron chi connectivity index (χ0n) is 71.4. The normalized spacial score (nSPS) is 23.5. The molecule has 0 saturated carbocycles. The summed E-state index contributed by atoms with van der Waals surface area (Å²) in [6.07, 6.45) is -6.25. The standard InChI is InChI=1S/C86H111FN14O17.C2HF3O2/c1-54-80(109)92-70-43-59-11-8-12-60(41-59)48-89-77(107)53-118-75-28-33-99-79(75)74(105)47-67(55(2)102)81(110)93-71(42-57-19-23-66(115-7)24-20-57)84(113)100-32-10-30-86(100,3)85(114)88-31-27-56-15-17-58(18-16-56)49-96(78(108)14-9-13-76(106)91-69(82(111)90-54)25-22-65(103)29-37-116-39-40-117-38-36-101(4,5)6)34-35-98-52-64(94-95-98)51-97-50-62(44-61(83(99)112)45-73(70)104)68-46-63(87)21-26-72(68)97;3-2(4,5)1(6)7/h8,11-12,15-21,23-24,26,41,46,50,52,54-55,61,67,69-71,75,79,102H,9-10,13-14,22,25,27-40,42-45,47-49,51,53H2,1-7H3,(H5-,88,89,90,91,92,93,106,107,109,110,111,114);(H,6,7)/p+1/t54-,55-,61-,67+,69+,70+,71+,75+,79-,86+;/m1./s1. The van der Waals surface area contributed by atoms with Gasteiger partial charge in [0.2, 0.25) is 53.2 Å². The number of nitrogens with one attached hydrogen (secondary N) is 6. The van der Waals surface area contributed by atoms with Crippen molar-refractivity contribution in [1.29, 1.82) is 0 Å². The van der Waals surface area contributed by atoms with Crippen molar-refractivity contribution in [3.63, 3.8) is 0 Å². The average molecular weight is 1750 g/mol. The zero-order chi connectivity index (χ0) is 90.5. The van der Waals surface area contributed by atoms with Gasteiger partial charge in [-0.2, -0.15) is 13.2 Å². The molecule has 37 heteroatoms. The van der Waals surface area contributed by atoms with Gasteiger partial charge in [0.15, 0.2) is 11.6 Å². The Morgan fingerprint density at radius 2 is 1.42 bits per heavy atom. The number of fused-ring (bicyclic) bond motifs is 16. The van der Waals surface area contributed by atoms with E-state index in [-0.39, 0.29) is 148 Å². The van der Waals surface area contributed by atoms with E-state index in [0.29, 0.717) is 70.7 Å². The van der Waals surface area contributed by atoms with E-state index in [1.165, 1.54) is 42.9 Å². The molecular weight excluding hydrogens is 1630 g/mol. The second-order valence-corrected chi connectivity index (χ2v) is 33.7. The fraction of sp³-hybridized carbons (Fsp3) is 0.534. The highest BCUT2D eigenvalue weighted by atomic mass is 19.4. The second-order valence-electron chi connectivity index (χ2n) is 33.7. The molecule has 0 spiro atoms. The number of quaternary nitrogens is 1. The molecule has 14 bridgehead atoms. The second kappa shape index (κ2) is 44.0. The largest absolute Gasteiger partial charge is 0.497 e. The van der Waals surface area contributed by atoms with Crippen molar-refractivity contribution in [2.24, 2.45) is 11.8 Å². The van der Waals surface area contributed by atoms with Crippen LogP contribution in [0, 0.1) is 17.7 Å². The summed E-state index contributed by atoms with van der Waals surface area (Å²) in [6.45, 7) is 6.10. The molecule has 9 amide bonds. The Labute approximate surface area is 721 Å². The number of ketones is 3. The summed E-state index contributed by atoms with van der Waals surface area (Å²) in [4.78, 5) is 192. The summed E-state index contributed by atoms with van der Waals surface area (Å²) in [5.74, 6) is -13.7. The van der Waals surface area contributed by atoms with E-state index in [0.717, 1.165) is 22.2 Å². The van der Waals surface area contributed by atoms with Crippen LogP contribution in [0.4, 0.5) is 17.6 Å². The van der Waals surface area contributed by atoms with Crippen LogP contribution >= 0.6 is 0 Å². The summed E-state index contributed by atoms with van der Waals surface area (Å²) >= 11 is 0. The molecule has 0 aliphatic carbocycles. The number of aliphatic carboxylic acids is 1. The Kier molecular flexibility index (Phi) is 33.7. The first-order chi connectivity index (χ1) is 59.4. The van der Waals surface area contributed by atoms with Gasteiger partial charge >= 0.3 is 12.1 Å². The van der Waals surface area contributed by atoms with Gasteiger partial charge in [-0.05, 0) is 136 Å². The van der Waals surface area contributed by atoms with Crippen molar-refractivity contribution in [1.82, 2.24) is 66.2 Å². The molecule has 12 rings (SSSR count). The molecule has 2 aromatic heterocycles. The molecular formula is C88H113F4N14O19+. The van der Waals surface area contributed by atoms with Gasteiger partial charge in [0.1, 0.15) is 65.9 Å². The van der Waals surface area contributed by atoms with Gasteiger partial charge in [-0.3, -0.25) is 62.2 Å². The molecule has 33 nitrogen and oxygen atoms in total. The number of carbonyl (C=O) groups is 13. The molecule has 6 aliphatic heterocycles. The monoisotopic (exact) mass is 1750 g/mol. The molecule has 6 aliphatic rings. The van der Waals surface area contributed by atoms with Gasteiger partial charge in [-0.1, -0.05) is 65.9 Å². The number of Topliss-reactive ketones (excluding diaryl/α,β-unsaturated/α-hetero) is 3. The fourth-order valence-corrected chi connectivity index (χ4v) is 16.0. The quantitative estimate of drug-likeness (QED) is 0.0386. The number of nitrogens with zero attached hydrogens (tertiary/aromatic N) is 8. The highest BCUT2D eigenvalue weighted by molar-refractivity contribution is 6.00. The van der Waals surface area contributed by atoms with E-state index < -0.39 is 156 Å². The Hall–Kier alpha value is -11.4. The van der Waals surface area contributed by atoms with Gasteiger partial charge in [-0.15, -0.1) is 5.10 Å². The van der Waals surface area contributed by atoms with Gasteiger partial charge in [0.25, 0.3) is 0 Å². The number of benzene rings is 4. The Bertz CT molecular complexity index is 4840. The lowest BCUT2D eigenvalue weighted by Gasteiger charge is -2.37. The molecule has 0 radical (unpaired) electrons. The lowest BCUT2D eigenvalue weighted by molar-refractivity contribution is -0.870. The maximum atomic E-state index is 16.4. The highest BCUT2D eigenvalue weighted by Gasteiger charge is 2.50. The summed E-state index contributed by atoms with van der Waals surface area (Å²) in [7, 11) is 7.65. The van der Waals surface area contributed by atoms with Crippen LogP contribution < -0.4 is 36.6 Å². The van der Waals surface area contributed by atoms with Crippen LogP contribution in [0.3, 0.4) is 0 Å². The van der Waals surface area contributed by atoms with Gasteiger partial charge in [-0.25, -0.2) is 9.18 Å². The van der Waals surface area contributed by atoms with Crippen molar-refractivity contribution >= 4 is 87.4 Å². The van der Waals surface area contributed by atoms with Crippen LogP contribution in [-0.2, 0) is 128 Å². The number of ether oxygens (including phenoxy) is 4. The number of likely N-dealkylation sites (N-methyl/N-ethyl adjacent to an activating group) is 1. The number of halogens is 4. The van der Waals surface area contributed by atoms with E-state index in [9.17, 15) is 51.8 Å². The number of hydrogen-bond acceptors (Lipinski definition) is 20. The van der Waals surface area contributed by atoms with Gasteiger partial charge < -0.3 is 84.8 Å². The molecule has 4 aromatic carbocycles. The number of carboxylic acid groups (broad SMARTS) is 1. The number of aliphatic hydroxyl groups is 1. The summed E-state index contributed by atoms with van der Waals surface area (Å²) in [6, 6.07) is 18.0.